The van der Waals surface area contributed by atoms with Gasteiger partial charge in [-0.1, -0.05) is 0 Å². The first kappa shape index (κ1) is 15.0. The van der Waals surface area contributed by atoms with Crippen molar-refractivity contribution in [3.05, 3.63) is 55.4 Å². The van der Waals surface area contributed by atoms with Crippen LogP contribution >= 0.6 is 22.7 Å². The molecule has 0 atom stereocenters. The first-order valence-corrected chi connectivity index (χ1v) is 7.28. The standard InChI is InChI=1S/C14H10F4S2/c1-7-3-5-9(19-7)11(15)13(17)14(18)12(16)10-6-4-8(2)20-10/h3-6H,1-2H3/b13-11+,14-12+. The molecule has 2 aromatic rings. The normalized spacial score (nSPS) is 14.1. The molecule has 0 N–H and O–H groups in total. The molecule has 2 heterocycles. The second kappa shape index (κ2) is 5.93. The summed E-state index contributed by atoms with van der Waals surface area (Å²) in [5, 5.41) is 0. The fourth-order valence-electron chi connectivity index (χ4n) is 1.51. The molecule has 0 aliphatic carbocycles. The minimum Gasteiger partial charge on any atom is -0.202 e. The summed E-state index contributed by atoms with van der Waals surface area (Å²) in [6, 6.07) is 5.81. The van der Waals surface area contributed by atoms with Gasteiger partial charge in [0.1, 0.15) is 0 Å². The van der Waals surface area contributed by atoms with Crippen LogP contribution in [0.1, 0.15) is 19.5 Å². The molecule has 2 rings (SSSR count). The zero-order chi connectivity index (χ0) is 14.9. The first-order chi connectivity index (χ1) is 9.40. The van der Waals surface area contributed by atoms with Gasteiger partial charge >= 0.3 is 0 Å². The van der Waals surface area contributed by atoms with E-state index in [-0.39, 0.29) is 9.75 Å². The predicted molar refractivity (Wildman–Crippen MR) is 76.4 cm³/mol. The van der Waals surface area contributed by atoms with Gasteiger partial charge in [0, 0.05) is 9.75 Å². The summed E-state index contributed by atoms with van der Waals surface area (Å²) in [4.78, 5) is 1.37. The van der Waals surface area contributed by atoms with Crippen molar-refractivity contribution in [1.82, 2.24) is 0 Å². The van der Waals surface area contributed by atoms with Crippen molar-refractivity contribution in [3.63, 3.8) is 0 Å². The summed E-state index contributed by atoms with van der Waals surface area (Å²) in [7, 11) is 0. The SMILES string of the molecule is Cc1ccc(/C(F)=C(F)/C(F)=C(\F)c2ccc(C)s2)s1. The van der Waals surface area contributed by atoms with Crippen LogP contribution in [0.2, 0.25) is 0 Å². The Morgan fingerprint density at radius 2 is 1.05 bits per heavy atom. The summed E-state index contributed by atoms with van der Waals surface area (Å²) < 4.78 is 54.8. The minimum atomic E-state index is -1.81. The van der Waals surface area contributed by atoms with Gasteiger partial charge in [-0.25, -0.2) is 17.6 Å². The average Bonchev–Trinajstić information content (AvgIpc) is 3.04. The van der Waals surface area contributed by atoms with Gasteiger partial charge in [-0.15, -0.1) is 22.7 Å². The van der Waals surface area contributed by atoms with Gasteiger partial charge in [0.2, 0.25) is 0 Å². The molecule has 0 amide bonds. The van der Waals surface area contributed by atoms with E-state index in [1.807, 2.05) is 0 Å². The number of allylic oxidation sites excluding steroid dienone is 2. The van der Waals surface area contributed by atoms with Crippen molar-refractivity contribution >= 4 is 34.3 Å². The number of aryl methyl sites for hydroxylation is 2. The molecule has 0 bridgehead atoms. The highest BCUT2D eigenvalue weighted by atomic mass is 32.1. The molecule has 20 heavy (non-hydrogen) atoms. The fraction of sp³-hybridized carbons (Fsp3) is 0.143. The second-order valence-electron chi connectivity index (χ2n) is 4.08. The molecule has 0 aromatic carbocycles. The summed E-state index contributed by atoms with van der Waals surface area (Å²) >= 11 is 1.94. The molecule has 2 aromatic heterocycles. The average molecular weight is 318 g/mol. The maximum atomic E-state index is 13.8. The smallest absolute Gasteiger partial charge is 0.198 e. The Hall–Kier alpha value is -1.40. The van der Waals surface area contributed by atoms with Crippen LogP contribution in [0.3, 0.4) is 0 Å². The number of thiophene rings is 2. The molecule has 0 saturated heterocycles. The Bertz CT molecular complexity index is 631. The Morgan fingerprint density at radius 3 is 1.30 bits per heavy atom. The zero-order valence-electron chi connectivity index (χ0n) is 10.6. The maximum Gasteiger partial charge on any atom is 0.198 e. The Morgan fingerprint density at radius 1 is 0.700 bits per heavy atom. The van der Waals surface area contributed by atoms with Crippen LogP contribution in [-0.4, -0.2) is 0 Å². The van der Waals surface area contributed by atoms with Crippen LogP contribution in [0.5, 0.6) is 0 Å². The third kappa shape index (κ3) is 3.02. The third-order valence-electron chi connectivity index (χ3n) is 2.49. The molecule has 106 valence electrons. The van der Waals surface area contributed by atoms with Crippen LogP contribution in [-0.2, 0) is 0 Å². The lowest BCUT2D eigenvalue weighted by molar-refractivity contribution is 0.520. The molecule has 0 aliphatic rings. The van der Waals surface area contributed by atoms with E-state index >= 15 is 0 Å². The van der Waals surface area contributed by atoms with E-state index < -0.39 is 23.3 Å². The van der Waals surface area contributed by atoms with E-state index in [9.17, 15) is 17.6 Å². The van der Waals surface area contributed by atoms with Crippen molar-refractivity contribution in [2.24, 2.45) is 0 Å². The Labute approximate surface area is 121 Å². The molecule has 0 spiro atoms. The maximum absolute atomic E-state index is 13.8. The largest absolute Gasteiger partial charge is 0.202 e. The van der Waals surface area contributed by atoms with Gasteiger partial charge in [0.25, 0.3) is 0 Å². The first-order valence-electron chi connectivity index (χ1n) is 5.64. The second-order valence-corrected chi connectivity index (χ2v) is 6.65. The van der Waals surface area contributed by atoms with Gasteiger partial charge in [-0.3, -0.25) is 0 Å². The number of hydrogen-bond donors (Lipinski definition) is 0. The monoisotopic (exact) mass is 318 g/mol. The highest BCUT2D eigenvalue weighted by molar-refractivity contribution is 7.13. The zero-order valence-corrected chi connectivity index (χ0v) is 12.3. The molecular formula is C14H10F4S2. The van der Waals surface area contributed by atoms with Crippen LogP contribution in [0, 0.1) is 13.8 Å². The van der Waals surface area contributed by atoms with Crippen LogP contribution < -0.4 is 0 Å². The fourth-order valence-corrected chi connectivity index (χ4v) is 3.11. The van der Waals surface area contributed by atoms with Crippen LogP contribution in [0.4, 0.5) is 17.6 Å². The Balaban J connectivity index is 2.43. The van der Waals surface area contributed by atoms with E-state index in [4.69, 9.17) is 0 Å². The van der Waals surface area contributed by atoms with Crippen molar-refractivity contribution < 1.29 is 17.6 Å². The number of rotatable bonds is 3. The van der Waals surface area contributed by atoms with Crippen molar-refractivity contribution in [3.8, 4) is 0 Å². The van der Waals surface area contributed by atoms with Crippen LogP contribution in [0.25, 0.3) is 11.7 Å². The van der Waals surface area contributed by atoms with Crippen molar-refractivity contribution in [2.45, 2.75) is 13.8 Å². The summed E-state index contributed by atoms with van der Waals surface area (Å²) in [6.07, 6.45) is 0. The van der Waals surface area contributed by atoms with E-state index in [2.05, 4.69) is 0 Å². The van der Waals surface area contributed by atoms with Gasteiger partial charge in [0.15, 0.2) is 23.3 Å². The van der Waals surface area contributed by atoms with Crippen LogP contribution in [0.15, 0.2) is 35.9 Å². The van der Waals surface area contributed by atoms with Gasteiger partial charge < -0.3 is 0 Å². The van der Waals surface area contributed by atoms with E-state index in [1.165, 1.54) is 12.1 Å². The molecule has 6 heteroatoms. The topological polar surface area (TPSA) is 0 Å². The molecule has 0 radical (unpaired) electrons. The quantitative estimate of drug-likeness (QED) is 0.457. The van der Waals surface area contributed by atoms with Gasteiger partial charge in [-0.2, -0.15) is 0 Å². The van der Waals surface area contributed by atoms with E-state index in [0.717, 1.165) is 32.4 Å². The lowest BCUT2D eigenvalue weighted by Gasteiger charge is -1.99. The van der Waals surface area contributed by atoms with E-state index in [0.29, 0.717) is 0 Å². The molecule has 0 aliphatic heterocycles. The van der Waals surface area contributed by atoms with E-state index in [1.54, 1.807) is 26.0 Å². The summed E-state index contributed by atoms with van der Waals surface area (Å²) in [5.74, 6) is -6.39. The molecule has 0 nitrogen and oxygen atoms in total. The highest BCUT2D eigenvalue weighted by Crippen LogP contribution is 2.36. The summed E-state index contributed by atoms with van der Waals surface area (Å²) in [5.41, 5.74) is 0. The summed E-state index contributed by atoms with van der Waals surface area (Å²) in [6.45, 7) is 3.42. The number of hydrogen-bond acceptors (Lipinski definition) is 2. The lowest BCUT2D eigenvalue weighted by Crippen LogP contribution is -1.84. The molecular weight excluding hydrogens is 308 g/mol. The molecule has 0 fully saturated rings. The van der Waals surface area contributed by atoms with Gasteiger partial charge in [-0.05, 0) is 38.1 Å². The predicted octanol–water partition coefficient (Wildman–Crippen LogP) is 6.34. The number of halogens is 4. The Kier molecular flexibility index (Phi) is 4.45. The molecule has 0 unspecified atom stereocenters. The third-order valence-corrected chi connectivity index (χ3v) is 4.48. The van der Waals surface area contributed by atoms with Gasteiger partial charge in [0.05, 0.1) is 9.75 Å². The minimum absolute atomic E-state index is 0.0645. The highest BCUT2D eigenvalue weighted by Gasteiger charge is 2.21. The van der Waals surface area contributed by atoms with Crippen molar-refractivity contribution in [1.29, 1.82) is 0 Å². The van der Waals surface area contributed by atoms with Crippen molar-refractivity contribution in [2.75, 3.05) is 0 Å². The lowest BCUT2D eigenvalue weighted by atomic mass is 10.3. The molecule has 0 saturated carbocycles.